The zero-order valence-corrected chi connectivity index (χ0v) is 13.2. The molecule has 1 aliphatic carbocycles. The Hall–Kier alpha value is -0.726. The quantitative estimate of drug-likeness (QED) is 0.597. The minimum Gasteiger partial charge on any atom is -1.00 e. The Morgan fingerprint density at radius 1 is 0.947 bits per heavy atom. The number of rotatable bonds is 3. The first-order valence-electron chi connectivity index (χ1n) is 5.70. The van der Waals surface area contributed by atoms with Crippen LogP contribution in [-0.4, -0.2) is 0 Å². The van der Waals surface area contributed by atoms with E-state index in [0.29, 0.717) is 0 Å². The summed E-state index contributed by atoms with van der Waals surface area (Å²) < 4.78 is 7.48. The smallest absolute Gasteiger partial charge is 1.00 e. The van der Waals surface area contributed by atoms with Crippen molar-refractivity contribution in [3.63, 3.8) is 0 Å². The molecule has 0 atom stereocenters. The van der Waals surface area contributed by atoms with Crippen LogP contribution in [0.5, 0.6) is 5.75 Å². The summed E-state index contributed by atoms with van der Waals surface area (Å²) in [6.07, 6.45) is 7.56. The summed E-state index contributed by atoms with van der Waals surface area (Å²) in [7, 11) is 0. The van der Waals surface area contributed by atoms with E-state index in [1.165, 1.54) is 14.7 Å². The molecule has 0 fully saturated rings. The van der Waals surface area contributed by atoms with Gasteiger partial charge in [0.15, 0.2) is 0 Å². The van der Waals surface area contributed by atoms with Crippen LogP contribution in [0.1, 0.15) is 6.42 Å². The summed E-state index contributed by atoms with van der Waals surface area (Å²) in [6, 6.07) is 14.6. The van der Waals surface area contributed by atoms with Crippen LogP contribution in [0, 0.1) is 0 Å². The second kappa shape index (κ2) is 7.76. The van der Waals surface area contributed by atoms with E-state index in [4.69, 9.17) is 3.32 Å². The fourth-order valence-electron chi connectivity index (χ4n) is 1.93. The van der Waals surface area contributed by atoms with Gasteiger partial charge in [-0.15, -0.1) is 0 Å². The van der Waals surface area contributed by atoms with E-state index in [-0.39, 0.29) is 24.8 Å². The summed E-state index contributed by atoms with van der Waals surface area (Å²) in [5.74, 6) is 1.02. The monoisotopic (exact) mass is 326 g/mol. The molecule has 1 nitrogen and oxygen atoms in total. The molecule has 0 spiro atoms. The van der Waals surface area contributed by atoms with Gasteiger partial charge in [0.05, 0.1) is 0 Å². The van der Waals surface area contributed by atoms with Crippen molar-refractivity contribution in [1.29, 1.82) is 0 Å². The molecule has 0 aliphatic heterocycles. The van der Waals surface area contributed by atoms with Crippen LogP contribution in [0.2, 0.25) is 0 Å². The third kappa shape index (κ3) is 3.87. The van der Waals surface area contributed by atoms with Crippen LogP contribution in [0.4, 0.5) is 0 Å². The van der Waals surface area contributed by atoms with Gasteiger partial charge in [-0.05, 0) is 0 Å². The Bertz CT molecular complexity index is 603. The number of hydrogen-bond acceptors (Lipinski definition) is 1. The zero-order chi connectivity index (χ0) is 11.5. The zero-order valence-electron chi connectivity index (χ0n) is 10.1. The molecule has 2 aromatic rings. The van der Waals surface area contributed by atoms with Gasteiger partial charge < -0.3 is 24.8 Å². The predicted octanol–water partition coefficient (Wildman–Crippen LogP) is -1.93. The molecule has 4 heteroatoms. The summed E-state index contributed by atoms with van der Waals surface area (Å²) in [5, 5.41) is 2.46. The molecule has 0 amide bonds. The Labute approximate surface area is 135 Å². The topological polar surface area (TPSA) is 9.23 Å². The van der Waals surface area contributed by atoms with Crippen LogP contribution in [0.3, 0.4) is 0 Å². The van der Waals surface area contributed by atoms with Gasteiger partial charge in [-0.25, -0.2) is 0 Å². The van der Waals surface area contributed by atoms with Gasteiger partial charge in [0.2, 0.25) is 0 Å². The predicted molar refractivity (Wildman–Crippen MR) is 66.4 cm³/mol. The average Bonchev–Trinajstić information content (AvgIpc) is 2.89. The third-order valence-electron chi connectivity index (χ3n) is 2.81. The van der Waals surface area contributed by atoms with Gasteiger partial charge in [-0.2, -0.15) is 0 Å². The van der Waals surface area contributed by atoms with E-state index < -0.39 is 19.5 Å². The fraction of sp³-hybridized carbons (Fsp3) is 0.0667. The van der Waals surface area contributed by atoms with Crippen LogP contribution in [0.15, 0.2) is 64.6 Å². The summed E-state index contributed by atoms with van der Waals surface area (Å²) in [6.45, 7) is 0. The molecule has 2 aromatic carbocycles. The largest absolute Gasteiger partial charge is 1.00 e. The molecule has 0 saturated carbocycles. The maximum Gasteiger partial charge on any atom is -1.00 e. The van der Waals surface area contributed by atoms with E-state index in [0.717, 1.165) is 12.2 Å². The molecule has 0 radical (unpaired) electrons. The molecule has 3 rings (SSSR count). The average molecular weight is 327 g/mol. The molecule has 1 aliphatic rings. The molecular formula is C15H12Cl2OTi. The first-order chi connectivity index (χ1) is 8.43. The van der Waals surface area contributed by atoms with Crippen molar-refractivity contribution < 1.29 is 47.7 Å². The molecule has 96 valence electrons. The van der Waals surface area contributed by atoms with Crippen molar-refractivity contribution >= 4 is 10.8 Å². The molecule has 19 heavy (non-hydrogen) atoms. The third-order valence-corrected chi connectivity index (χ3v) is 4.30. The van der Waals surface area contributed by atoms with Gasteiger partial charge in [0.1, 0.15) is 0 Å². The second-order valence-electron chi connectivity index (χ2n) is 4.01. The van der Waals surface area contributed by atoms with Gasteiger partial charge in [-0.1, -0.05) is 0 Å². The second-order valence-corrected chi connectivity index (χ2v) is 5.65. The van der Waals surface area contributed by atoms with Gasteiger partial charge >= 0.3 is 110 Å². The number of halogens is 2. The number of benzene rings is 2. The van der Waals surface area contributed by atoms with E-state index >= 15 is 0 Å². The van der Waals surface area contributed by atoms with Crippen LogP contribution in [0.25, 0.3) is 10.8 Å². The molecule has 0 aromatic heterocycles. The summed E-state index contributed by atoms with van der Waals surface area (Å²) >= 11 is -0.472. The van der Waals surface area contributed by atoms with Crippen LogP contribution in [-0.2, 0) is 19.5 Å². The van der Waals surface area contributed by atoms with Crippen LogP contribution < -0.4 is 28.1 Å². The molecule has 0 unspecified atom stereocenters. The van der Waals surface area contributed by atoms with Crippen LogP contribution >= 0.6 is 0 Å². The summed E-state index contributed by atoms with van der Waals surface area (Å²) in [4.78, 5) is 0. The van der Waals surface area contributed by atoms with Crippen molar-refractivity contribution in [2.45, 2.75) is 6.42 Å². The maximum absolute atomic E-state index is 6.02. The molecular weight excluding hydrogens is 315 g/mol. The molecule has 0 bridgehead atoms. The number of hydrogen-bond donors (Lipinski definition) is 0. The van der Waals surface area contributed by atoms with Gasteiger partial charge in [-0.3, -0.25) is 0 Å². The van der Waals surface area contributed by atoms with Gasteiger partial charge in [0.25, 0.3) is 0 Å². The standard InChI is InChI=1S/C10H8O.C5H5.2ClH.Ti/c11-10-7-3-5-8-4-1-2-6-9(8)10;1-2-4-5-3-1;;;/h1-7,11H;1-3H,4H2;2*1H;/q;;;;+3/p-3. The first-order valence-corrected chi connectivity index (χ1v) is 7.12. The Morgan fingerprint density at radius 3 is 2.53 bits per heavy atom. The minimum atomic E-state index is -0.472. The van der Waals surface area contributed by atoms with Crippen molar-refractivity contribution in [3.05, 3.63) is 64.6 Å². The normalized spacial score (nSPS) is 12.1. The first kappa shape index (κ1) is 16.3. The van der Waals surface area contributed by atoms with E-state index in [2.05, 4.69) is 60.7 Å². The van der Waals surface area contributed by atoms with E-state index in [1.54, 1.807) is 0 Å². The molecule has 0 heterocycles. The fourth-order valence-corrected chi connectivity index (χ4v) is 3.15. The molecule has 0 saturated heterocycles. The van der Waals surface area contributed by atoms with Crippen molar-refractivity contribution in [3.8, 4) is 5.75 Å². The minimum absolute atomic E-state index is 0. The van der Waals surface area contributed by atoms with E-state index in [1.807, 2.05) is 0 Å². The Kier molecular flexibility index (Phi) is 6.67. The van der Waals surface area contributed by atoms with E-state index in [9.17, 15) is 0 Å². The van der Waals surface area contributed by atoms with Gasteiger partial charge in [0, 0.05) is 0 Å². The Balaban J connectivity index is 0.000000902. The van der Waals surface area contributed by atoms with Crippen molar-refractivity contribution in [2.24, 2.45) is 0 Å². The maximum atomic E-state index is 6.02. The number of allylic oxidation sites excluding steroid dienone is 4. The number of fused-ring (bicyclic) bond motifs is 1. The Morgan fingerprint density at radius 2 is 1.74 bits per heavy atom. The van der Waals surface area contributed by atoms with Crippen molar-refractivity contribution in [2.75, 3.05) is 0 Å². The van der Waals surface area contributed by atoms with Crippen molar-refractivity contribution in [1.82, 2.24) is 0 Å². The SMILES string of the molecule is C1=CC[C]([Ti+2][O]c2cccc3ccccc23)=C1.[Cl-].[Cl-]. The summed E-state index contributed by atoms with van der Waals surface area (Å²) in [5.41, 5.74) is 0. The molecule has 0 N–H and O–H groups in total.